The predicted molar refractivity (Wildman–Crippen MR) is 144 cm³/mol. The molecule has 16 nitrogen and oxygen atoms in total. The van der Waals surface area contributed by atoms with E-state index in [9.17, 15) is 71.5 Å². The maximum absolute atomic E-state index is 12.9. The van der Waals surface area contributed by atoms with Gasteiger partial charge in [-0.05, 0) is 24.8 Å². The van der Waals surface area contributed by atoms with E-state index in [1.807, 2.05) is 30.3 Å². The Balaban J connectivity index is 0.000000714. The van der Waals surface area contributed by atoms with E-state index in [2.05, 4.69) is 32.7 Å². The van der Waals surface area contributed by atoms with Crippen LogP contribution in [-0.2, 0) is 42.3 Å². The van der Waals surface area contributed by atoms with E-state index in [1.54, 1.807) is 0 Å². The Labute approximate surface area is 263 Å². The van der Waals surface area contributed by atoms with Crippen LogP contribution < -0.4 is 10.6 Å². The molecule has 2 atom stereocenters. The average molecular weight is 738 g/mol. The zero-order valence-corrected chi connectivity index (χ0v) is 24.8. The van der Waals surface area contributed by atoms with E-state index in [1.165, 1.54) is 0 Å². The molecule has 0 aliphatic carbocycles. The molecule has 2 aliphatic heterocycles. The lowest BCUT2D eigenvalue weighted by atomic mass is 10.4. The van der Waals surface area contributed by atoms with E-state index in [0.29, 0.717) is 9.80 Å². The van der Waals surface area contributed by atoms with Crippen molar-refractivity contribution in [2.75, 3.05) is 39.4 Å². The molecule has 1 aromatic rings. The number of carbonyl (C=O) groups is 4. The molecule has 3 rings (SSSR count). The Bertz CT molecular complexity index is 1340. The quantitative estimate of drug-likeness (QED) is 0.216. The number of rotatable bonds is 8. The number of halogens is 6. The number of amides is 6. The van der Waals surface area contributed by atoms with Crippen LogP contribution in [0.2, 0.25) is 0 Å². The Morgan fingerprint density at radius 2 is 1.13 bits per heavy atom. The molecule has 2 heterocycles. The van der Waals surface area contributed by atoms with Gasteiger partial charge in [0.05, 0.1) is 13.1 Å². The van der Waals surface area contributed by atoms with Gasteiger partial charge in [-0.3, -0.25) is 0 Å². The standard InChI is InChI=1S/2C7H9F3N2O6S.C6H6S.CH4/c2*8-4(7(9,10)19(15,16)17)3-18-6(14)12-2-1-11-5(12)13;7-6-4-2-1-3-5-6;/h2*4H,1-3H2,(H,11,13)(H,15,16,17);1-5,7H;1H4/p-1. The van der Waals surface area contributed by atoms with Gasteiger partial charge in [0.25, 0.3) is 0 Å². The van der Waals surface area contributed by atoms with E-state index in [-0.39, 0.29) is 33.6 Å². The Morgan fingerprint density at radius 1 is 0.804 bits per heavy atom. The topological polar surface area (TPSA) is 232 Å². The number of urea groups is 2. The van der Waals surface area contributed by atoms with Gasteiger partial charge in [-0.2, -0.15) is 17.6 Å². The molecule has 2 unspecified atom stereocenters. The first-order chi connectivity index (χ1) is 20.5. The molecule has 0 spiro atoms. The summed E-state index contributed by atoms with van der Waals surface area (Å²) >= 11 is 3.36. The number of imide groups is 2. The highest BCUT2D eigenvalue weighted by molar-refractivity contribution is 7.87. The molecule has 0 bridgehead atoms. The van der Waals surface area contributed by atoms with Gasteiger partial charge in [0, 0.05) is 13.1 Å². The fourth-order valence-electron chi connectivity index (χ4n) is 2.68. The second kappa shape index (κ2) is 17.4. The summed E-state index contributed by atoms with van der Waals surface area (Å²) in [7, 11) is -12.4. The minimum atomic E-state index is -6.22. The van der Waals surface area contributed by atoms with Crippen molar-refractivity contribution in [2.45, 2.75) is 35.2 Å². The van der Waals surface area contributed by atoms with E-state index >= 15 is 0 Å². The van der Waals surface area contributed by atoms with Crippen LogP contribution in [0.5, 0.6) is 0 Å². The molecule has 2 saturated heterocycles. The summed E-state index contributed by atoms with van der Waals surface area (Å²) in [4.78, 5) is 46.2. The van der Waals surface area contributed by atoms with E-state index in [0.717, 1.165) is 4.90 Å². The number of carbonyl (C=O) groups excluding carboxylic acids is 4. The van der Waals surface area contributed by atoms with Gasteiger partial charge in [-0.15, -0.1) is 0 Å². The summed E-state index contributed by atoms with van der Waals surface area (Å²) in [6.45, 7) is -3.33. The number of nitrogens with one attached hydrogen (secondary N) is 2. The van der Waals surface area contributed by atoms with Gasteiger partial charge in [0.2, 0.25) is 12.3 Å². The minimum Gasteiger partial charge on any atom is -0.743 e. The van der Waals surface area contributed by atoms with Gasteiger partial charge in [0.15, 0.2) is 20.2 Å². The largest absolute Gasteiger partial charge is 0.743 e. The maximum atomic E-state index is 12.9. The smallest absolute Gasteiger partial charge is 0.418 e. The molecule has 1 aromatic carbocycles. The normalized spacial score (nSPS) is 16.3. The molecule has 0 radical (unpaired) electrons. The van der Waals surface area contributed by atoms with E-state index in [4.69, 9.17) is 0 Å². The van der Waals surface area contributed by atoms with E-state index < -0.39 is 80.6 Å². The molecule has 46 heavy (non-hydrogen) atoms. The molecular formula is C21H27F6N4O12S3-. The van der Waals surface area contributed by atoms with Crippen molar-refractivity contribution in [3.05, 3.63) is 30.3 Å². The zero-order chi connectivity index (χ0) is 34.8. The number of hydrogen-bond donors (Lipinski definition) is 2. The van der Waals surface area contributed by atoms with Crippen molar-refractivity contribution in [3.63, 3.8) is 0 Å². The van der Waals surface area contributed by atoms with Crippen LogP contribution in [0.1, 0.15) is 7.43 Å². The summed E-state index contributed by atoms with van der Waals surface area (Å²) < 4.78 is 145. The summed E-state index contributed by atoms with van der Waals surface area (Å²) in [5, 5.41) is -6.06. The number of hydrogen-bond acceptors (Lipinski definition) is 12. The fourth-order valence-corrected chi connectivity index (χ4v) is 3.64. The minimum absolute atomic E-state index is 0. The van der Waals surface area contributed by atoms with Crippen molar-refractivity contribution >= 4 is 57.1 Å². The number of alkyl halides is 6. The molecule has 6 amide bonds. The highest BCUT2D eigenvalue weighted by Gasteiger charge is 2.49. The summed E-state index contributed by atoms with van der Waals surface area (Å²) in [5.74, 6) is 0. The van der Waals surface area contributed by atoms with Crippen molar-refractivity contribution in [1.29, 1.82) is 0 Å². The lowest BCUT2D eigenvalue weighted by Gasteiger charge is -2.23. The van der Waals surface area contributed by atoms with Crippen molar-refractivity contribution in [1.82, 2.24) is 20.4 Å². The number of benzene rings is 1. The third-order valence-electron chi connectivity index (χ3n) is 5.03. The molecule has 2 aliphatic rings. The third kappa shape index (κ3) is 12.0. The Kier molecular flexibility index (Phi) is 16.0. The molecule has 2 fully saturated rings. The fraction of sp³-hybridized carbons (Fsp3) is 0.524. The Hall–Kier alpha value is -3.55. The third-order valence-corrected chi connectivity index (χ3v) is 7.21. The lowest BCUT2D eigenvalue weighted by molar-refractivity contribution is -0.0334. The van der Waals surface area contributed by atoms with Gasteiger partial charge in [-0.25, -0.2) is 54.6 Å². The molecule has 25 heteroatoms. The highest BCUT2D eigenvalue weighted by Crippen LogP contribution is 2.28. The van der Waals surface area contributed by atoms with Crippen molar-refractivity contribution in [2.24, 2.45) is 0 Å². The van der Waals surface area contributed by atoms with Crippen LogP contribution in [0, 0.1) is 0 Å². The van der Waals surface area contributed by atoms with Crippen LogP contribution >= 0.6 is 0 Å². The molecular weight excluding hydrogens is 710 g/mol. The zero-order valence-electron chi connectivity index (χ0n) is 22.2. The number of nitrogens with zero attached hydrogens (tertiary/aromatic N) is 2. The van der Waals surface area contributed by atoms with Gasteiger partial charge < -0.3 is 29.2 Å². The lowest BCUT2D eigenvalue weighted by Crippen LogP contribution is -2.43. The van der Waals surface area contributed by atoms with Crippen LogP contribution in [0.3, 0.4) is 0 Å². The molecule has 264 valence electrons. The second-order valence-electron chi connectivity index (χ2n) is 8.25. The molecule has 0 aromatic heterocycles. The first kappa shape index (κ1) is 42.5. The maximum Gasteiger partial charge on any atom is 0.418 e. The first-order valence-electron chi connectivity index (χ1n) is 11.7. The highest BCUT2D eigenvalue weighted by atomic mass is 32.2. The average Bonchev–Trinajstić information content (AvgIpc) is 3.57. The first-order valence-corrected chi connectivity index (χ1v) is 15.0. The van der Waals surface area contributed by atoms with Gasteiger partial charge >= 0.3 is 34.8 Å². The molecule has 2 N–H and O–H groups in total. The van der Waals surface area contributed by atoms with Gasteiger partial charge in [0.1, 0.15) is 18.1 Å². The SMILES string of the molecule is C.O=C1NCCN1C(=O)OCC(F)C(F)(F)S(=O)(=O)[O-].O=C1NCCN1C(=O)OCC(F)C(F)(F)S(=O)(=O)[O-].[SH2+]c1ccccc1. The van der Waals surface area contributed by atoms with Crippen LogP contribution in [0.25, 0.3) is 0 Å². The van der Waals surface area contributed by atoms with Crippen LogP contribution in [0.4, 0.5) is 45.5 Å². The second-order valence-corrected chi connectivity index (χ2v) is 11.7. The van der Waals surface area contributed by atoms with Crippen LogP contribution in [-0.4, -0.2) is 122 Å². The van der Waals surface area contributed by atoms with Crippen LogP contribution in [0.15, 0.2) is 35.2 Å². The Morgan fingerprint density at radius 3 is 1.35 bits per heavy atom. The monoisotopic (exact) mass is 737 g/mol. The summed E-state index contributed by atoms with van der Waals surface area (Å²) in [6, 6.07) is 8.24. The van der Waals surface area contributed by atoms with Crippen molar-refractivity contribution < 1.29 is 80.9 Å². The van der Waals surface area contributed by atoms with Gasteiger partial charge in [-0.1, -0.05) is 25.6 Å². The van der Waals surface area contributed by atoms with Crippen molar-refractivity contribution in [3.8, 4) is 0 Å². The molecule has 0 saturated carbocycles. The summed E-state index contributed by atoms with van der Waals surface area (Å²) in [5.41, 5.74) is 0. The number of ether oxygens (including phenoxy) is 2. The predicted octanol–water partition coefficient (Wildman–Crippen LogP) is 0.942. The summed E-state index contributed by atoms with van der Waals surface area (Å²) in [6.07, 6.45) is -9.89.